The molecule has 92 valence electrons. The van der Waals surface area contributed by atoms with Gasteiger partial charge in [-0.1, -0.05) is 13.8 Å². The van der Waals surface area contributed by atoms with E-state index < -0.39 is 24.0 Å². The van der Waals surface area contributed by atoms with Crippen molar-refractivity contribution in [3.05, 3.63) is 0 Å². The van der Waals surface area contributed by atoms with Crippen molar-refractivity contribution in [2.24, 2.45) is 5.92 Å². The topological polar surface area (TPSA) is 95.5 Å². The van der Waals surface area contributed by atoms with Crippen LogP contribution in [0.15, 0.2) is 0 Å². The van der Waals surface area contributed by atoms with E-state index in [-0.39, 0.29) is 11.8 Å². The highest BCUT2D eigenvalue weighted by Crippen LogP contribution is 2.02. The van der Waals surface area contributed by atoms with Crippen LogP contribution in [-0.2, 0) is 14.4 Å². The first kappa shape index (κ1) is 14.4. The molecule has 0 bridgehead atoms. The lowest BCUT2D eigenvalue weighted by Crippen LogP contribution is -2.52. The van der Waals surface area contributed by atoms with Crippen molar-refractivity contribution in [3.63, 3.8) is 0 Å². The molecule has 6 nitrogen and oxygen atoms in total. The lowest BCUT2D eigenvalue weighted by atomic mass is 10.0. The Morgan fingerprint density at radius 2 is 1.56 bits per heavy atom. The molecule has 0 unspecified atom stereocenters. The minimum Gasteiger partial charge on any atom is -0.480 e. The zero-order valence-corrected chi connectivity index (χ0v) is 9.90. The van der Waals surface area contributed by atoms with Gasteiger partial charge in [0.15, 0.2) is 0 Å². The summed E-state index contributed by atoms with van der Waals surface area (Å²) in [5.41, 5.74) is 0. The third-order valence-electron chi connectivity index (χ3n) is 2.04. The van der Waals surface area contributed by atoms with Crippen molar-refractivity contribution in [1.82, 2.24) is 10.6 Å². The van der Waals surface area contributed by atoms with E-state index in [1.165, 1.54) is 13.8 Å². The minimum atomic E-state index is -1.11. The molecule has 16 heavy (non-hydrogen) atoms. The molecule has 0 fully saturated rings. The van der Waals surface area contributed by atoms with E-state index in [0.29, 0.717) is 0 Å². The van der Waals surface area contributed by atoms with Gasteiger partial charge in [0.05, 0.1) is 0 Å². The number of carbonyl (C=O) groups is 3. The number of rotatable bonds is 5. The number of hydrogen-bond acceptors (Lipinski definition) is 3. The number of amides is 2. The van der Waals surface area contributed by atoms with Crippen LogP contribution in [0.2, 0.25) is 0 Å². The quantitative estimate of drug-likeness (QED) is 0.606. The van der Waals surface area contributed by atoms with Gasteiger partial charge >= 0.3 is 5.97 Å². The van der Waals surface area contributed by atoms with E-state index in [1.807, 2.05) is 0 Å². The number of aliphatic carboxylic acids is 1. The maximum absolute atomic E-state index is 11.6. The van der Waals surface area contributed by atoms with Crippen LogP contribution in [0.4, 0.5) is 0 Å². The Balaban J connectivity index is 4.50. The van der Waals surface area contributed by atoms with Crippen molar-refractivity contribution in [3.8, 4) is 0 Å². The Hall–Kier alpha value is -1.59. The smallest absolute Gasteiger partial charge is 0.325 e. The molecule has 0 spiro atoms. The van der Waals surface area contributed by atoms with Crippen LogP contribution in [0.25, 0.3) is 0 Å². The van der Waals surface area contributed by atoms with Crippen LogP contribution in [0.3, 0.4) is 0 Å². The summed E-state index contributed by atoms with van der Waals surface area (Å²) in [4.78, 5) is 33.1. The summed E-state index contributed by atoms with van der Waals surface area (Å²) in [5.74, 6) is -2.03. The fourth-order valence-corrected chi connectivity index (χ4v) is 1.12. The van der Waals surface area contributed by atoms with E-state index in [1.54, 1.807) is 13.8 Å². The summed E-state index contributed by atoms with van der Waals surface area (Å²) in [6, 6.07) is -1.68. The first-order valence-electron chi connectivity index (χ1n) is 5.06. The number of hydrogen-bond donors (Lipinski definition) is 3. The second-order valence-corrected chi connectivity index (χ2v) is 3.99. The summed E-state index contributed by atoms with van der Waals surface area (Å²) in [6.45, 7) is 6.21. The third-order valence-corrected chi connectivity index (χ3v) is 2.04. The Morgan fingerprint density at radius 1 is 1.06 bits per heavy atom. The van der Waals surface area contributed by atoms with Crippen molar-refractivity contribution >= 4 is 17.8 Å². The van der Waals surface area contributed by atoms with Gasteiger partial charge in [-0.3, -0.25) is 14.4 Å². The maximum atomic E-state index is 11.6. The number of carboxylic acid groups (broad SMARTS) is 1. The molecule has 0 heterocycles. The number of carboxylic acids is 1. The molecule has 2 amide bonds. The summed E-state index contributed by atoms with van der Waals surface area (Å²) in [5, 5.41) is 13.4. The molecule has 0 aliphatic rings. The Labute approximate surface area is 94.4 Å². The summed E-state index contributed by atoms with van der Waals surface area (Å²) < 4.78 is 0. The van der Waals surface area contributed by atoms with Crippen molar-refractivity contribution < 1.29 is 19.5 Å². The third kappa shape index (κ3) is 4.77. The van der Waals surface area contributed by atoms with Crippen molar-refractivity contribution in [1.29, 1.82) is 0 Å². The molecule has 0 aromatic carbocycles. The lowest BCUT2D eigenvalue weighted by Gasteiger charge is -2.22. The highest BCUT2D eigenvalue weighted by atomic mass is 16.4. The van der Waals surface area contributed by atoms with Gasteiger partial charge < -0.3 is 15.7 Å². The molecule has 2 atom stereocenters. The average molecular weight is 230 g/mol. The molecule has 3 N–H and O–H groups in total. The highest BCUT2D eigenvalue weighted by molar-refractivity contribution is 5.89. The first-order valence-corrected chi connectivity index (χ1v) is 5.06. The van der Waals surface area contributed by atoms with Gasteiger partial charge in [0, 0.05) is 6.92 Å². The molecule has 0 rings (SSSR count). The molecule has 6 heteroatoms. The highest BCUT2D eigenvalue weighted by Gasteiger charge is 2.25. The van der Waals surface area contributed by atoms with E-state index in [9.17, 15) is 14.4 Å². The average Bonchev–Trinajstić information content (AvgIpc) is 2.12. The predicted octanol–water partition coefficient (Wildman–Crippen LogP) is -0.264. The summed E-state index contributed by atoms with van der Waals surface area (Å²) in [7, 11) is 0. The summed E-state index contributed by atoms with van der Waals surface area (Å²) in [6.07, 6.45) is 0. The monoisotopic (exact) mass is 230 g/mol. The van der Waals surface area contributed by atoms with Crippen molar-refractivity contribution in [2.45, 2.75) is 39.8 Å². The molecule has 0 saturated heterocycles. The van der Waals surface area contributed by atoms with E-state index >= 15 is 0 Å². The van der Waals surface area contributed by atoms with Gasteiger partial charge in [0.1, 0.15) is 12.1 Å². The SMILES string of the molecule is CC(=O)N[C@H](C(=O)N[C@@H](C)C(=O)O)C(C)C. The molecule has 0 aliphatic carbocycles. The zero-order valence-electron chi connectivity index (χ0n) is 9.90. The maximum Gasteiger partial charge on any atom is 0.325 e. The normalized spacial score (nSPS) is 14.1. The number of nitrogens with one attached hydrogen (secondary N) is 2. The predicted molar refractivity (Wildman–Crippen MR) is 57.7 cm³/mol. The van der Waals surface area contributed by atoms with Gasteiger partial charge in [-0.15, -0.1) is 0 Å². The second kappa shape index (κ2) is 6.09. The molecule has 0 aromatic rings. The molecular weight excluding hydrogens is 212 g/mol. The minimum absolute atomic E-state index is 0.107. The molecule has 0 aromatic heterocycles. The van der Waals surface area contributed by atoms with E-state index in [2.05, 4.69) is 10.6 Å². The largest absolute Gasteiger partial charge is 0.480 e. The van der Waals surface area contributed by atoms with Crippen LogP contribution in [-0.4, -0.2) is 35.0 Å². The standard InChI is InChI=1S/C10H18N2O4/c1-5(2)8(12-7(4)13)9(14)11-6(3)10(15)16/h5-6,8H,1-4H3,(H,11,14)(H,12,13)(H,15,16)/t6-,8-/m0/s1. The van der Waals surface area contributed by atoms with Crippen molar-refractivity contribution in [2.75, 3.05) is 0 Å². The Bertz CT molecular complexity index is 289. The molecule has 0 radical (unpaired) electrons. The fourth-order valence-electron chi connectivity index (χ4n) is 1.12. The zero-order chi connectivity index (χ0) is 12.9. The van der Waals surface area contributed by atoms with Gasteiger partial charge in [-0.2, -0.15) is 0 Å². The van der Waals surface area contributed by atoms with Gasteiger partial charge in [-0.25, -0.2) is 0 Å². The molecule has 0 saturated carbocycles. The molecule has 0 aliphatic heterocycles. The summed E-state index contributed by atoms with van der Waals surface area (Å²) >= 11 is 0. The van der Waals surface area contributed by atoms with Crippen LogP contribution in [0, 0.1) is 5.92 Å². The van der Waals surface area contributed by atoms with Crippen LogP contribution in [0.5, 0.6) is 0 Å². The molecular formula is C10H18N2O4. The van der Waals surface area contributed by atoms with Gasteiger partial charge in [-0.05, 0) is 12.8 Å². The number of carbonyl (C=O) groups excluding carboxylic acids is 2. The lowest BCUT2D eigenvalue weighted by molar-refractivity contribution is -0.141. The van der Waals surface area contributed by atoms with Crippen LogP contribution in [0.1, 0.15) is 27.7 Å². The van der Waals surface area contributed by atoms with Gasteiger partial charge in [0.2, 0.25) is 11.8 Å². The Kier molecular flexibility index (Phi) is 5.49. The van der Waals surface area contributed by atoms with Crippen LogP contribution < -0.4 is 10.6 Å². The first-order chi connectivity index (χ1) is 7.25. The van der Waals surface area contributed by atoms with Gasteiger partial charge in [0.25, 0.3) is 0 Å². The Morgan fingerprint density at radius 3 is 1.88 bits per heavy atom. The second-order valence-electron chi connectivity index (χ2n) is 3.99. The fraction of sp³-hybridized carbons (Fsp3) is 0.700. The van der Waals surface area contributed by atoms with E-state index in [0.717, 1.165) is 0 Å². The van der Waals surface area contributed by atoms with Crippen LogP contribution >= 0.6 is 0 Å². The van der Waals surface area contributed by atoms with E-state index in [4.69, 9.17) is 5.11 Å².